The van der Waals surface area contributed by atoms with E-state index in [2.05, 4.69) is 12.2 Å². The van der Waals surface area contributed by atoms with Gasteiger partial charge in [-0.15, -0.1) is 0 Å². The highest BCUT2D eigenvalue weighted by Gasteiger charge is 2.28. The highest BCUT2D eigenvalue weighted by Crippen LogP contribution is 2.40. The van der Waals surface area contributed by atoms with Gasteiger partial charge in [-0.2, -0.15) is 0 Å². The normalized spacial score (nSPS) is 31.1. The fraction of sp³-hybridized carbons (Fsp3) is 0.704. The lowest BCUT2D eigenvalue weighted by atomic mass is 9.71. The van der Waals surface area contributed by atoms with Gasteiger partial charge in [0, 0.05) is 23.5 Å². The fourth-order valence-electron chi connectivity index (χ4n) is 6.22. The van der Waals surface area contributed by atoms with Crippen molar-refractivity contribution in [3.05, 3.63) is 30.4 Å². The fourth-order valence-corrected chi connectivity index (χ4v) is 6.22. The topological polar surface area (TPSA) is 61.3 Å². The molecule has 30 heavy (non-hydrogen) atoms. The van der Waals surface area contributed by atoms with Crippen molar-refractivity contribution in [3.8, 4) is 5.75 Å². The van der Waals surface area contributed by atoms with E-state index in [1.165, 1.54) is 83.5 Å². The van der Waals surface area contributed by atoms with E-state index < -0.39 is 0 Å². The van der Waals surface area contributed by atoms with E-state index >= 15 is 0 Å². The molecule has 0 radical (unpaired) electrons. The molecule has 0 aliphatic heterocycles. The predicted molar refractivity (Wildman–Crippen MR) is 127 cm³/mol. The van der Waals surface area contributed by atoms with Gasteiger partial charge in [0.1, 0.15) is 5.75 Å². The number of hydrogen-bond acceptors (Lipinski definition) is 3. The Morgan fingerprint density at radius 1 is 0.667 bits per heavy atom. The van der Waals surface area contributed by atoms with E-state index in [4.69, 9.17) is 16.2 Å². The lowest BCUT2D eigenvalue weighted by molar-refractivity contribution is 0.179. The van der Waals surface area contributed by atoms with Crippen LogP contribution in [-0.2, 0) is 0 Å². The Balaban J connectivity index is 1.14. The van der Waals surface area contributed by atoms with E-state index in [9.17, 15) is 0 Å². The highest BCUT2D eigenvalue weighted by atomic mass is 16.5. The number of anilines is 2. The van der Waals surface area contributed by atoms with E-state index in [0.717, 1.165) is 36.0 Å². The van der Waals surface area contributed by atoms with Crippen LogP contribution in [0.25, 0.3) is 0 Å². The monoisotopic (exact) mass is 410 g/mol. The van der Waals surface area contributed by atoms with Crippen molar-refractivity contribution in [3.63, 3.8) is 0 Å². The van der Waals surface area contributed by atoms with Gasteiger partial charge in [-0.25, -0.2) is 0 Å². The molecule has 0 amide bonds. The summed E-state index contributed by atoms with van der Waals surface area (Å²) in [6, 6.07) is 5.51. The molecule has 3 saturated carbocycles. The average molecular weight is 411 g/mol. The number of nitrogen functional groups attached to an aromatic ring is 2. The first-order valence-electron chi connectivity index (χ1n) is 12.6. The van der Waals surface area contributed by atoms with Crippen LogP contribution in [0.4, 0.5) is 11.4 Å². The van der Waals surface area contributed by atoms with Gasteiger partial charge >= 0.3 is 0 Å². The molecule has 1 aromatic rings. The van der Waals surface area contributed by atoms with Crippen molar-refractivity contribution in [2.75, 3.05) is 18.1 Å². The van der Waals surface area contributed by atoms with Gasteiger partial charge in [0.2, 0.25) is 0 Å². The summed E-state index contributed by atoms with van der Waals surface area (Å²) in [6.07, 6.45) is 23.6. The van der Waals surface area contributed by atoms with Crippen LogP contribution >= 0.6 is 0 Å². The Morgan fingerprint density at radius 3 is 1.80 bits per heavy atom. The molecule has 4 rings (SSSR count). The zero-order valence-electron chi connectivity index (χ0n) is 18.7. The molecule has 3 nitrogen and oxygen atoms in total. The molecule has 0 bridgehead atoms. The minimum absolute atomic E-state index is 0.656. The number of ether oxygens (including phenoxy) is 1. The van der Waals surface area contributed by atoms with Gasteiger partial charge in [0.15, 0.2) is 0 Å². The van der Waals surface area contributed by atoms with Crippen molar-refractivity contribution in [1.82, 2.24) is 0 Å². The molecule has 3 aliphatic carbocycles. The minimum Gasteiger partial charge on any atom is -0.493 e. The van der Waals surface area contributed by atoms with Crippen molar-refractivity contribution < 1.29 is 4.74 Å². The van der Waals surface area contributed by atoms with Crippen LogP contribution in [0, 0.1) is 29.6 Å². The van der Waals surface area contributed by atoms with Crippen LogP contribution in [0.1, 0.15) is 83.5 Å². The average Bonchev–Trinajstić information content (AvgIpc) is 2.77. The summed E-state index contributed by atoms with van der Waals surface area (Å²) < 4.78 is 5.98. The molecule has 3 heteroatoms. The second kappa shape index (κ2) is 10.6. The van der Waals surface area contributed by atoms with Crippen molar-refractivity contribution in [2.24, 2.45) is 29.6 Å². The van der Waals surface area contributed by atoms with Crippen molar-refractivity contribution in [1.29, 1.82) is 0 Å². The molecule has 0 atom stereocenters. The quantitative estimate of drug-likeness (QED) is 0.393. The van der Waals surface area contributed by atoms with E-state index in [1.54, 1.807) is 6.07 Å². The van der Waals surface area contributed by atoms with Crippen LogP contribution in [0.2, 0.25) is 0 Å². The third kappa shape index (κ3) is 6.18. The molecule has 0 unspecified atom stereocenters. The van der Waals surface area contributed by atoms with Gasteiger partial charge in [0.05, 0.1) is 6.61 Å². The van der Waals surface area contributed by atoms with Crippen LogP contribution in [0.15, 0.2) is 30.4 Å². The van der Waals surface area contributed by atoms with Crippen molar-refractivity contribution in [2.45, 2.75) is 83.5 Å². The third-order valence-corrected chi connectivity index (χ3v) is 8.12. The Bertz CT molecular complexity index is 658. The molecule has 0 saturated heterocycles. The maximum atomic E-state index is 5.98. The zero-order valence-corrected chi connectivity index (χ0v) is 18.7. The van der Waals surface area contributed by atoms with Gasteiger partial charge in [0.25, 0.3) is 0 Å². The van der Waals surface area contributed by atoms with Crippen LogP contribution in [0.5, 0.6) is 5.75 Å². The van der Waals surface area contributed by atoms with E-state index in [-0.39, 0.29) is 0 Å². The molecule has 3 fully saturated rings. The molecule has 3 aliphatic rings. The highest BCUT2D eigenvalue weighted by molar-refractivity contribution is 5.56. The van der Waals surface area contributed by atoms with Crippen LogP contribution < -0.4 is 16.2 Å². The number of rotatable bonds is 6. The maximum Gasteiger partial charge on any atom is 0.123 e. The Labute approximate surface area is 183 Å². The first-order chi connectivity index (χ1) is 14.7. The molecule has 4 N–H and O–H groups in total. The summed E-state index contributed by atoms with van der Waals surface area (Å²) in [5, 5.41) is 0. The summed E-state index contributed by atoms with van der Waals surface area (Å²) in [4.78, 5) is 0. The summed E-state index contributed by atoms with van der Waals surface area (Å²) in [5.74, 6) is 5.19. The van der Waals surface area contributed by atoms with E-state index in [1.807, 2.05) is 12.1 Å². The summed E-state index contributed by atoms with van der Waals surface area (Å²) >= 11 is 0. The predicted octanol–water partition coefficient (Wildman–Crippen LogP) is 6.98. The third-order valence-electron chi connectivity index (χ3n) is 8.12. The first-order valence-corrected chi connectivity index (χ1v) is 12.6. The lowest BCUT2D eigenvalue weighted by Crippen LogP contribution is -2.23. The smallest absolute Gasteiger partial charge is 0.123 e. The number of hydrogen-bond donors (Lipinski definition) is 2. The van der Waals surface area contributed by atoms with Crippen LogP contribution in [0.3, 0.4) is 0 Å². The van der Waals surface area contributed by atoms with Gasteiger partial charge in [-0.3, -0.25) is 0 Å². The van der Waals surface area contributed by atoms with E-state index in [0.29, 0.717) is 17.3 Å². The molecule has 1 aromatic carbocycles. The number of nitrogens with two attached hydrogens (primary N) is 2. The molecular weight excluding hydrogens is 368 g/mol. The lowest BCUT2D eigenvalue weighted by Gasteiger charge is -2.35. The summed E-state index contributed by atoms with van der Waals surface area (Å²) in [7, 11) is 0. The largest absolute Gasteiger partial charge is 0.493 e. The molecular formula is C27H42N2O. The maximum absolute atomic E-state index is 5.98. The SMILES string of the molecule is Nc1cc(N)cc(OCC2CCC(/C=C/C3CCC(C4CCCCC4)CC3)CC2)c1. The van der Waals surface area contributed by atoms with Gasteiger partial charge < -0.3 is 16.2 Å². The Hall–Kier alpha value is -1.64. The molecule has 0 aromatic heterocycles. The Kier molecular flexibility index (Phi) is 7.62. The van der Waals surface area contributed by atoms with Crippen LogP contribution in [-0.4, -0.2) is 6.61 Å². The molecule has 166 valence electrons. The molecule has 0 heterocycles. The standard InChI is InChI=1S/C27H42N2O/c28-25-16-26(29)18-27(17-25)30-19-22-10-8-20(9-11-22)6-7-21-12-14-24(15-13-21)23-4-2-1-3-5-23/h6-7,16-18,20-24H,1-5,8-15,19,28-29H2/b7-6+. The zero-order chi connectivity index (χ0) is 20.8. The van der Waals surface area contributed by atoms with Gasteiger partial charge in [-0.1, -0.05) is 44.3 Å². The summed E-state index contributed by atoms with van der Waals surface area (Å²) in [6.45, 7) is 0.782. The first kappa shape index (κ1) is 21.6. The molecule has 0 spiro atoms. The van der Waals surface area contributed by atoms with Gasteiger partial charge in [-0.05, 0) is 87.0 Å². The Morgan fingerprint density at radius 2 is 1.20 bits per heavy atom. The second-order valence-electron chi connectivity index (χ2n) is 10.4. The summed E-state index contributed by atoms with van der Waals surface area (Å²) in [5.41, 5.74) is 13.1. The second-order valence-corrected chi connectivity index (χ2v) is 10.4. The number of benzene rings is 1. The minimum atomic E-state index is 0.656. The van der Waals surface area contributed by atoms with Crippen molar-refractivity contribution >= 4 is 11.4 Å². The number of allylic oxidation sites excluding steroid dienone is 2.